The molecule has 0 unspecified atom stereocenters. The van der Waals surface area contributed by atoms with Crippen molar-refractivity contribution in [2.75, 3.05) is 18.4 Å². The molecular weight excluding hydrogens is 266 g/mol. The van der Waals surface area contributed by atoms with Gasteiger partial charge in [0.1, 0.15) is 5.82 Å². The molecule has 0 spiro atoms. The van der Waals surface area contributed by atoms with Crippen LogP contribution in [-0.2, 0) is 13.5 Å². The number of carbonyl (C=O) groups excluding carboxylic acids is 1. The van der Waals surface area contributed by atoms with Crippen LogP contribution in [0.1, 0.15) is 29.3 Å². The molecular formula is C15H21N5O. The molecule has 0 bridgehead atoms. The number of aryl methyl sites for hydroxylation is 1. The summed E-state index contributed by atoms with van der Waals surface area (Å²) in [5.41, 5.74) is 1.68. The molecule has 2 aromatic heterocycles. The van der Waals surface area contributed by atoms with E-state index in [4.69, 9.17) is 0 Å². The molecule has 0 fully saturated rings. The average Bonchev–Trinajstić information content (AvgIpc) is 2.91. The monoisotopic (exact) mass is 287 g/mol. The van der Waals surface area contributed by atoms with Gasteiger partial charge in [0, 0.05) is 32.5 Å². The van der Waals surface area contributed by atoms with Crippen molar-refractivity contribution in [1.82, 2.24) is 20.1 Å². The predicted molar refractivity (Wildman–Crippen MR) is 82.3 cm³/mol. The Morgan fingerprint density at radius 2 is 2.14 bits per heavy atom. The number of rotatable bonds is 7. The van der Waals surface area contributed by atoms with E-state index < -0.39 is 0 Å². The second-order valence-corrected chi connectivity index (χ2v) is 4.89. The molecule has 2 aromatic rings. The molecule has 0 aromatic carbocycles. The molecule has 0 atom stereocenters. The number of hydrogen-bond acceptors (Lipinski definition) is 4. The fourth-order valence-electron chi connectivity index (χ4n) is 1.91. The number of amides is 1. The number of hydrogen-bond donors (Lipinski definition) is 2. The van der Waals surface area contributed by atoms with Gasteiger partial charge in [-0.15, -0.1) is 0 Å². The standard InChI is InChI=1S/C15H21N5O/c1-3-7-16-14-5-4-13(10-18-14)15(21)17-8-6-12-9-19-20(2)11-12/h4-5,9-11H,3,6-8H2,1-2H3,(H,16,18)(H,17,21). The van der Waals surface area contributed by atoms with Gasteiger partial charge in [0.15, 0.2) is 0 Å². The van der Waals surface area contributed by atoms with Gasteiger partial charge in [-0.25, -0.2) is 4.98 Å². The van der Waals surface area contributed by atoms with Gasteiger partial charge in [-0.3, -0.25) is 9.48 Å². The topological polar surface area (TPSA) is 71.8 Å². The van der Waals surface area contributed by atoms with Gasteiger partial charge in [-0.05, 0) is 30.5 Å². The summed E-state index contributed by atoms with van der Waals surface area (Å²) < 4.78 is 1.75. The molecule has 0 radical (unpaired) electrons. The van der Waals surface area contributed by atoms with Crippen LogP contribution in [0.2, 0.25) is 0 Å². The van der Waals surface area contributed by atoms with Crippen LogP contribution < -0.4 is 10.6 Å². The largest absolute Gasteiger partial charge is 0.370 e. The Morgan fingerprint density at radius 3 is 2.76 bits per heavy atom. The first-order chi connectivity index (χ1) is 10.2. The Morgan fingerprint density at radius 1 is 1.29 bits per heavy atom. The fraction of sp³-hybridized carbons (Fsp3) is 0.400. The van der Waals surface area contributed by atoms with Crippen molar-refractivity contribution in [2.45, 2.75) is 19.8 Å². The third kappa shape index (κ3) is 4.59. The third-order valence-electron chi connectivity index (χ3n) is 3.04. The first-order valence-electron chi connectivity index (χ1n) is 7.14. The number of aromatic nitrogens is 3. The number of pyridine rings is 1. The van der Waals surface area contributed by atoms with Crippen LogP contribution in [0.25, 0.3) is 0 Å². The quantitative estimate of drug-likeness (QED) is 0.811. The van der Waals surface area contributed by atoms with Crippen LogP contribution in [-0.4, -0.2) is 33.8 Å². The van der Waals surface area contributed by atoms with E-state index in [0.717, 1.165) is 30.8 Å². The minimum atomic E-state index is -0.103. The van der Waals surface area contributed by atoms with E-state index in [1.165, 1.54) is 0 Å². The molecule has 0 saturated carbocycles. The SMILES string of the molecule is CCCNc1ccc(C(=O)NCCc2cnn(C)c2)cn1. The van der Waals surface area contributed by atoms with E-state index in [1.807, 2.05) is 25.5 Å². The second kappa shape index (κ2) is 7.42. The smallest absolute Gasteiger partial charge is 0.252 e. The van der Waals surface area contributed by atoms with E-state index >= 15 is 0 Å². The molecule has 0 aliphatic carbocycles. The Balaban J connectivity index is 1.79. The van der Waals surface area contributed by atoms with Gasteiger partial charge in [0.05, 0.1) is 11.8 Å². The van der Waals surface area contributed by atoms with Gasteiger partial charge < -0.3 is 10.6 Å². The first kappa shape index (κ1) is 15.0. The number of carbonyl (C=O) groups is 1. The third-order valence-corrected chi connectivity index (χ3v) is 3.04. The van der Waals surface area contributed by atoms with E-state index in [-0.39, 0.29) is 5.91 Å². The summed E-state index contributed by atoms with van der Waals surface area (Å²) in [7, 11) is 1.88. The molecule has 1 amide bonds. The van der Waals surface area contributed by atoms with Crippen molar-refractivity contribution in [2.24, 2.45) is 7.05 Å². The lowest BCUT2D eigenvalue weighted by Crippen LogP contribution is -2.25. The molecule has 0 aliphatic heterocycles. The Labute approximate surface area is 124 Å². The summed E-state index contributed by atoms with van der Waals surface area (Å²) >= 11 is 0. The molecule has 0 aliphatic rings. The van der Waals surface area contributed by atoms with Gasteiger partial charge in [-0.2, -0.15) is 5.10 Å². The van der Waals surface area contributed by atoms with E-state index in [2.05, 4.69) is 27.6 Å². The Hall–Kier alpha value is -2.37. The van der Waals surface area contributed by atoms with E-state index in [0.29, 0.717) is 12.1 Å². The highest BCUT2D eigenvalue weighted by atomic mass is 16.1. The Kier molecular flexibility index (Phi) is 5.31. The molecule has 2 heterocycles. The number of anilines is 1. The highest BCUT2D eigenvalue weighted by Gasteiger charge is 2.06. The van der Waals surface area contributed by atoms with Crippen LogP contribution in [0, 0.1) is 0 Å². The van der Waals surface area contributed by atoms with E-state index in [1.54, 1.807) is 16.9 Å². The molecule has 6 nitrogen and oxygen atoms in total. The van der Waals surface area contributed by atoms with Crippen LogP contribution in [0.15, 0.2) is 30.7 Å². The summed E-state index contributed by atoms with van der Waals surface area (Å²) in [6.45, 7) is 3.56. The normalized spacial score (nSPS) is 10.4. The zero-order valence-electron chi connectivity index (χ0n) is 12.5. The summed E-state index contributed by atoms with van der Waals surface area (Å²) in [4.78, 5) is 16.2. The number of nitrogens with one attached hydrogen (secondary N) is 2. The molecule has 6 heteroatoms. The second-order valence-electron chi connectivity index (χ2n) is 4.89. The highest BCUT2D eigenvalue weighted by molar-refractivity contribution is 5.94. The minimum Gasteiger partial charge on any atom is -0.370 e. The maximum atomic E-state index is 12.0. The maximum Gasteiger partial charge on any atom is 0.252 e. The molecule has 21 heavy (non-hydrogen) atoms. The van der Waals surface area contributed by atoms with Crippen LogP contribution in [0.5, 0.6) is 0 Å². The van der Waals surface area contributed by atoms with Crippen molar-refractivity contribution >= 4 is 11.7 Å². The zero-order valence-corrected chi connectivity index (χ0v) is 12.5. The molecule has 2 rings (SSSR count). The van der Waals surface area contributed by atoms with Gasteiger partial charge in [-0.1, -0.05) is 6.92 Å². The summed E-state index contributed by atoms with van der Waals surface area (Å²) in [5, 5.41) is 10.2. The van der Waals surface area contributed by atoms with Gasteiger partial charge >= 0.3 is 0 Å². The number of nitrogens with zero attached hydrogens (tertiary/aromatic N) is 3. The molecule has 2 N–H and O–H groups in total. The summed E-state index contributed by atoms with van der Waals surface area (Å²) in [6, 6.07) is 3.61. The average molecular weight is 287 g/mol. The van der Waals surface area contributed by atoms with Crippen LogP contribution in [0.3, 0.4) is 0 Å². The fourth-order valence-corrected chi connectivity index (χ4v) is 1.91. The lowest BCUT2D eigenvalue weighted by Gasteiger charge is -2.06. The highest BCUT2D eigenvalue weighted by Crippen LogP contribution is 2.05. The van der Waals surface area contributed by atoms with Crippen molar-refractivity contribution in [3.05, 3.63) is 41.9 Å². The van der Waals surface area contributed by atoms with E-state index in [9.17, 15) is 4.79 Å². The van der Waals surface area contributed by atoms with Crippen molar-refractivity contribution < 1.29 is 4.79 Å². The lowest BCUT2D eigenvalue weighted by atomic mass is 10.2. The molecule has 112 valence electrons. The van der Waals surface area contributed by atoms with Crippen molar-refractivity contribution in [1.29, 1.82) is 0 Å². The van der Waals surface area contributed by atoms with Gasteiger partial charge in [0.25, 0.3) is 5.91 Å². The lowest BCUT2D eigenvalue weighted by molar-refractivity contribution is 0.0954. The minimum absolute atomic E-state index is 0.103. The van der Waals surface area contributed by atoms with Crippen LogP contribution >= 0.6 is 0 Å². The van der Waals surface area contributed by atoms with Gasteiger partial charge in [0.2, 0.25) is 0 Å². The van der Waals surface area contributed by atoms with Crippen molar-refractivity contribution in [3.63, 3.8) is 0 Å². The zero-order chi connectivity index (χ0) is 15.1. The predicted octanol–water partition coefficient (Wildman–Crippen LogP) is 1.61. The first-order valence-corrected chi connectivity index (χ1v) is 7.14. The molecule has 0 saturated heterocycles. The summed E-state index contributed by atoms with van der Waals surface area (Å²) in [6.07, 6.45) is 7.16. The summed E-state index contributed by atoms with van der Waals surface area (Å²) in [5.74, 6) is 0.692. The van der Waals surface area contributed by atoms with Crippen molar-refractivity contribution in [3.8, 4) is 0 Å². The Bertz CT molecular complexity index is 576. The van der Waals surface area contributed by atoms with Crippen LogP contribution in [0.4, 0.5) is 5.82 Å². The maximum absolute atomic E-state index is 12.0.